The van der Waals surface area contributed by atoms with Crippen molar-refractivity contribution in [2.75, 3.05) is 0 Å². The Morgan fingerprint density at radius 3 is 2.80 bits per heavy atom. The van der Waals surface area contributed by atoms with Crippen LogP contribution in [0.3, 0.4) is 0 Å². The van der Waals surface area contributed by atoms with Crippen molar-refractivity contribution in [3.8, 4) is 0 Å². The molecule has 2 atom stereocenters. The monoisotopic (exact) mass is 208 g/mol. The molecule has 2 nitrogen and oxygen atoms in total. The van der Waals surface area contributed by atoms with E-state index >= 15 is 0 Å². The van der Waals surface area contributed by atoms with E-state index < -0.39 is 0 Å². The molecule has 2 aliphatic rings. The quantitative estimate of drug-likeness (QED) is 0.451. The lowest BCUT2D eigenvalue weighted by Crippen LogP contribution is -2.22. The van der Waals surface area contributed by atoms with Crippen molar-refractivity contribution in [1.29, 1.82) is 0 Å². The van der Waals surface area contributed by atoms with Crippen LogP contribution in [-0.4, -0.2) is 12.1 Å². The summed E-state index contributed by atoms with van der Waals surface area (Å²) < 4.78 is 5.46. The summed E-state index contributed by atoms with van der Waals surface area (Å²) >= 11 is 0. The number of carbonyl (C=O) groups excluding carboxylic acids is 1. The molecule has 1 fully saturated rings. The second kappa shape index (κ2) is 4.38. The minimum atomic E-state index is -0.0107. The van der Waals surface area contributed by atoms with Crippen LogP contribution in [0.1, 0.15) is 52.4 Å². The van der Waals surface area contributed by atoms with Crippen LogP contribution in [0, 0.1) is 5.92 Å². The van der Waals surface area contributed by atoms with Gasteiger partial charge >= 0.3 is 5.97 Å². The third kappa shape index (κ3) is 2.24. The number of fused-ring (bicyclic) bond motifs is 1. The first-order valence-corrected chi connectivity index (χ1v) is 6.06. The summed E-state index contributed by atoms with van der Waals surface area (Å²) in [6.07, 6.45) is 6.38. The maximum Gasteiger partial charge on any atom is 0.306 e. The standard InChI is InChI=1S/C13H20O2/c1-9-5-3-8-13(14)15-10(2)12-7-4-6-11(9)12/h10,12H,3-8H2,1-2H3. The van der Waals surface area contributed by atoms with Crippen LogP contribution >= 0.6 is 0 Å². The summed E-state index contributed by atoms with van der Waals surface area (Å²) in [4.78, 5) is 11.5. The fourth-order valence-electron chi connectivity index (χ4n) is 2.93. The fourth-order valence-corrected chi connectivity index (χ4v) is 2.93. The molecule has 2 heteroatoms. The minimum absolute atomic E-state index is 0.0107. The third-order valence-corrected chi connectivity index (χ3v) is 3.77. The van der Waals surface area contributed by atoms with Crippen LogP contribution in [0.5, 0.6) is 0 Å². The number of hydrogen-bond donors (Lipinski definition) is 0. The van der Waals surface area contributed by atoms with E-state index in [0.29, 0.717) is 12.3 Å². The average Bonchev–Trinajstić information content (AvgIpc) is 2.65. The molecule has 0 aromatic heterocycles. The van der Waals surface area contributed by atoms with E-state index in [0.717, 1.165) is 12.8 Å². The number of rotatable bonds is 0. The second-order valence-electron chi connectivity index (χ2n) is 4.85. The van der Waals surface area contributed by atoms with Gasteiger partial charge < -0.3 is 4.74 Å². The number of hydrogen-bond acceptors (Lipinski definition) is 2. The van der Waals surface area contributed by atoms with Crippen molar-refractivity contribution in [1.82, 2.24) is 0 Å². The van der Waals surface area contributed by atoms with Crippen molar-refractivity contribution in [3.05, 3.63) is 11.1 Å². The first kappa shape index (κ1) is 10.7. The summed E-state index contributed by atoms with van der Waals surface area (Å²) in [7, 11) is 0. The SMILES string of the molecule is CC1=C2CCCC2C(C)OC(=O)CCC1. The van der Waals surface area contributed by atoms with Gasteiger partial charge in [-0.1, -0.05) is 11.1 Å². The van der Waals surface area contributed by atoms with Gasteiger partial charge in [0, 0.05) is 12.3 Å². The van der Waals surface area contributed by atoms with E-state index in [1.165, 1.54) is 24.8 Å². The van der Waals surface area contributed by atoms with Gasteiger partial charge in [0.05, 0.1) is 0 Å². The Morgan fingerprint density at radius 2 is 2.00 bits per heavy atom. The zero-order valence-electron chi connectivity index (χ0n) is 9.71. The van der Waals surface area contributed by atoms with Gasteiger partial charge in [-0.2, -0.15) is 0 Å². The molecule has 1 saturated carbocycles. The molecule has 0 saturated heterocycles. The van der Waals surface area contributed by atoms with Crippen LogP contribution in [0.2, 0.25) is 0 Å². The highest BCUT2D eigenvalue weighted by atomic mass is 16.5. The summed E-state index contributed by atoms with van der Waals surface area (Å²) in [6.45, 7) is 4.28. The van der Waals surface area contributed by atoms with Gasteiger partial charge in [-0.3, -0.25) is 4.79 Å². The smallest absolute Gasteiger partial charge is 0.306 e. The van der Waals surface area contributed by atoms with E-state index in [9.17, 15) is 4.79 Å². The second-order valence-corrected chi connectivity index (χ2v) is 4.85. The van der Waals surface area contributed by atoms with E-state index in [2.05, 4.69) is 6.92 Å². The lowest BCUT2D eigenvalue weighted by molar-refractivity contribution is -0.150. The van der Waals surface area contributed by atoms with Crippen molar-refractivity contribution < 1.29 is 9.53 Å². The molecule has 0 bridgehead atoms. The Kier molecular flexibility index (Phi) is 3.13. The number of cyclic esters (lactones) is 1. The molecule has 0 radical (unpaired) electrons. The maximum atomic E-state index is 11.5. The van der Waals surface area contributed by atoms with Crippen molar-refractivity contribution >= 4 is 5.97 Å². The predicted molar refractivity (Wildman–Crippen MR) is 59.4 cm³/mol. The largest absolute Gasteiger partial charge is 0.462 e. The molecule has 0 aromatic rings. The van der Waals surface area contributed by atoms with Gasteiger partial charge in [0.2, 0.25) is 0 Å². The summed E-state index contributed by atoms with van der Waals surface area (Å²) in [6, 6.07) is 0. The Morgan fingerprint density at radius 1 is 1.20 bits per heavy atom. The van der Waals surface area contributed by atoms with Gasteiger partial charge in [-0.05, 0) is 46.0 Å². The molecule has 0 amide bonds. The number of ether oxygens (including phenoxy) is 1. The molecule has 2 unspecified atom stereocenters. The van der Waals surface area contributed by atoms with Gasteiger partial charge in [0.15, 0.2) is 0 Å². The van der Waals surface area contributed by atoms with Crippen molar-refractivity contribution in [2.24, 2.45) is 5.92 Å². The lowest BCUT2D eigenvalue weighted by atomic mass is 9.92. The Labute approximate surface area is 91.7 Å². The molecule has 0 aromatic carbocycles. The summed E-state index contributed by atoms with van der Waals surface area (Å²) in [5.41, 5.74) is 3.10. The molecule has 84 valence electrons. The molecule has 1 aliphatic heterocycles. The highest BCUT2D eigenvalue weighted by molar-refractivity contribution is 5.69. The van der Waals surface area contributed by atoms with E-state index in [-0.39, 0.29) is 12.1 Å². The summed E-state index contributed by atoms with van der Waals surface area (Å²) in [5, 5.41) is 0. The molecule has 1 heterocycles. The maximum absolute atomic E-state index is 11.5. The Balaban J connectivity index is 2.22. The highest BCUT2D eigenvalue weighted by Crippen LogP contribution is 2.38. The Bertz CT molecular complexity index is 291. The topological polar surface area (TPSA) is 26.3 Å². The molecular formula is C13H20O2. The van der Waals surface area contributed by atoms with Gasteiger partial charge in [-0.15, -0.1) is 0 Å². The van der Waals surface area contributed by atoms with Crippen LogP contribution in [0.15, 0.2) is 11.1 Å². The van der Waals surface area contributed by atoms with Crippen LogP contribution in [-0.2, 0) is 9.53 Å². The molecular weight excluding hydrogens is 188 g/mol. The van der Waals surface area contributed by atoms with E-state index in [1.54, 1.807) is 5.57 Å². The van der Waals surface area contributed by atoms with E-state index in [4.69, 9.17) is 4.74 Å². The average molecular weight is 208 g/mol. The number of allylic oxidation sites excluding steroid dienone is 1. The fraction of sp³-hybridized carbons (Fsp3) is 0.769. The molecule has 2 rings (SSSR count). The number of esters is 1. The van der Waals surface area contributed by atoms with Crippen LogP contribution in [0.25, 0.3) is 0 Å². The first-order valence-electron chi connectivity index (χ1n) is 6.06. The molecule has 15 heavy (non-hydrogen) atoms. The summed E-state index contributed by atoms with van der Waals surface area (Å²) in [5.74, 6) is 0.496. The highest BCUT2D eigenvalue weighted by Gasteiger charge is 2.30. The Hall–Kier alpha value is -0.790. The normalized spacial score (nSPS) is 32.8. The predicted octanol–water partition coefficient (Wildman–Crippen LogP) is 3.22. The lowest BCUT2D eigenvalue weighted by Gasteiger charge is -2.21. The van der Waals surface area contributed by atoms with Gasteiger partial charge in [-0.25, -0.2) is 0 Å². The van der Waals surface area contributed by atoms with Crippen molar-refractivity contribution in [2.45, 2.75) is 58.5 Å². The molecule has 0 spiro atoms. The minimum Gasteiger partial charge on any atom is -0.462 e. The van der Waals surface area contributed by atoms with Crippen LogP contribution in [0.4, 0.5) is 0 Å². The van der Waals surface area contributed by atoms with Crippen molar-refractivity contribution in [3.63, 3.8) is 0 Å². The molecule has 1 aliphatic carbocycles. The van der Waals surface area contributed by atoms with Crippen LogP contribution < -0.4 is 0 Å². The van der Waals surface area contributed by atoms with E-state index in [1.807, 2.05) is 6.92 Å². The number of carbonyl (C=O) groups is 1. The zero-order chi connectivity index (χ0) is 10.8. The van der Waals surface area contributed by atoms with Gasteiger partial charge in [0.25, 0.3) is 0 Å². The first-order chi connectivity index (χ1) is 7.18. The third-order valence-electron chi connectivity index (χ3n) is 3.77. The zero-order valence-corrected chi connectivity index (χ0v) is 9.71. The molecule has 0 N–H and O–H groups in total. The van der Waals surface area contributed by atoms with Gasteiger partial charge in [0.1, 0.15) is 6.10 Å².